The number of anilines is 2. The van der Waals surface area contributed by atoms with E-state index in [4.69, 9.17) is 5.73 Å². The Labute approximate surface area is 99.8 Å². The predicted octanol–water partition coefficient (Wildman–Crippen LogP) is 1.38. The highest BCUT2D eigenvalue weighted by molar-refractivity contribution is 5.75. The number of aliphatic hydroxyl groups excluding tert-OH is 1. The zero-order valence-corrected chi connectivity index (χ0v) is 10.2. The van der Waals surface area contributed by atoms with Crippen molar-refractivity contribution in [3.8, 4) is 0 Å². The molecule has 0 atom stereocenters. The molecule has 0 aliphatic heterocycles. The molecule has 0 saturated heterocycles. The zero-order chi connectivity index (χ0) is 13.2. The Morgan fingerprint density at radius 2 is 2.12 bits per heavy atom. The number of likely N-dealkylation sites (N-methyl/N-ethyl adjacent to an activating group) is 1. The van der Waals surface area contributed by atoms with Crippen molar-refractivity contribution in [2.75, 3.05) is 24.3 Å². The molecule has 0 amide bonds. The molecule has 0 spiro atoms. The van der Waals surface area contributed by atoms with Crippen LogP contribution in [0.3, 0.4) is 0 Å². The van der Waals surface area contributed by atoms with Crippen LogP contribution in [0.5, 0.6) is 0 Å². The number of rotatable bonds is 4. The molecule has 1 aromatic carbocycles. The van der Waals surface area contributed by atoms with Gasteiger partial charge in [-0.25, -0.2) is 0 Å². The minimum atomic E-state index is -0.599. The fraction of sp³-hybridized carbons (Fsp3) is 0.455. The van der Waals surface area contributed by atoms with Crippen molar-refractivity contribution in [1.82, 2.24) is 0 Å². The monoisotopic (exact) mass is 239 g/mol. The lowest BCUT2D eigenvalue weighted by Gasteiger charge is -2.35. The smallest absolute Gasteiger partial charge is 0.315 e. The summed E-state index contributed by atoms with van der Waals surface area (Å²) in [5.74, 6) is 0. The third-order valence-electron chi connectivity index (χ3n) is 2.88. The van der Waals surface area contributed by atoms with Gasteiger partial charge in [-0.2, -0.15) is 0 Å². The number of nitrogen functional groups attached to an aromatic ring is 1. The Hall–Kier alpha value is -1.82. The van der Waals surface area contributed by atoms with Crippen LogP contribution in [0.25, 0.3) is 0 Å². The molecular formula is C11H17N3O3. The highest BCUT2D eigenvalue weighted by Gasteiger charge is 2.29. The van der Waals surface area contributed by atoms with Crippen molar-refractivity contribution in [2.24, 2.45) is 0 Å². The molecule has 1 rings (SSSR count). The fourth-order valence-electron chi connectivity index (χ4n) is 1.45. The Kier molecular flexibility index (Phi) is 3.57. The molecule has 17 heavy (non-hydrogen) atoms. The lowest BCUT2D eigenvalue weighted by molar-refractivity contribution is -0.383. The van der Waals surface area contributed by atoms with E-state index < -0.39 is 10.5 Å². The quantitative estimate of drug-likeness (QED) is 0.470. The highest BCUT2D eigenvalue weighted by Crippen LogP contribution is 2.35. The second-order valence-electron chi connectivity index (χ2n) is 4.50. The number of nitrogens with two attached hydrogens (primary N) is 1. The molecule has 0 heterocycles. The van der Waals surface area contributed by atoms with Crippen LogP contribution in [-0.4, -0.2) is 29.2 Å². The average Bonchev–Trinajstić information content (AvgIpc) is 2.27. The zero-order valence-electron chi connectivity index (χ0n) is 10.2. The molecule has 3 N–H and O–H groups in total. The molecule has 1 aromatic rings. The minimum absolute atomic E-state index is 0.116. The molecule has 0 aliphatic carbocycles. The molecular weight excluding hydrogens is 222 g/mol. The van der Waals surface area contributed by atoms with Gasteiger partial charge in [0.25, 0.3) is 0 Å². The number of nitrogens with zero attached hydrogens (tertiary/aromatic N) is 2. The molecule has 6 heteroatoms. The summed E-state index contributed by atoms with van der Waals surface area (Å²) >= 11 is 0. The van der Waals surface area contributed by atoms with Crippen molar-refractivity contribution >= 4 is 17.1 Å². The van der Waals surface area contributed by atoms with Crippen LogP contribution in [0.1, 0.15) is 13.8 Å². The summed E-state index contributed by atoms with van der Waals surface area (Å²) in [5.41, 5.74) is 5.40. The van der Waals surface area contributed by atoms with Crippen LogP contribution in [0, 0.1) is 10.1 Å². The van der Waals surface area contributed by atoms with Crippen LogP contribution in [0.4, 0.5) is 17.1 Å². The third kappa shape index (κ3) is 2.47. The van der Waals surface area contributed by atoms with Gasteiger partial charge in [0.15, 0.2) is 0 Å². The Bertz CT molecular complexity index is 432. The molecule has 0 radical (unpaired) electrons. The fourth-order valence-corrected chi connectivity index (χ4v) is 1.45. The van der Waals surface area contributed by atoms with E-state index in [9.17, 15) is 15.2 Å². The van der Waals surface area contributed by atoms with Crippen LogP contribution >= 0.6 is 0 Å². The van der Waals surface area contributed by atoms with Gasteiger partial charge in [0.2, 0.25) is 0 Å². The second-order valence-corrected chi connectivity index (χ2v) is 4.50. The van der Waals surface area contributed by atoms with E-state index in [-0.39, 0.29) is 18.0 Å². The summed E-state index contributed by atoms with van der Waals surface area (Å²) in [6.07, 6.45) is 0. The van der Waals surface area contributed by atoms with E-state index in [0.29, 0.717) is 5.69 Å². The molecule has 0 fully saturated rings. The largest absolute Gasteiger partial charge is 0.394 e. The predicted molar refractivity (Wildman–Crippen MR) is 67.1 cm³/mol. The molecule has 0 aliphatic rings. The van der Waals surface area contributed by atoms with Gasteiger partial charge in [-0.3, -0.25) is 10.1 Å². The van der Waals surface area contributed by atoms with Gasteiger partial charge in [0.1, 0.15) is 11.4 Å². The van der Waals surface area contributed by atoms with Gasteiger partial charge in [0.05, 0.1) is 17.1 Å². The molecule has 94 valence electrons. The van der Waals surface area contributed by atoms with Gasteiger partial charge in [-0.15, -0.1) is 0 Å². The van der Waals surface area contributed by atoms with Crippen molar-refractivity contribution < 1.29 is 10.0 Å². The number of aliphatic hydroxyl groups is 1. The highest BCUT2D eigenvalue weighted by atomic mass is 16.6. The van der Waals surface area contributed by atoms with Gasteiger partial charge in [-0.05, 0) is 26.0 Å². The third-order valence-corrected chi connectivity index (χ3v) is 2.88. The maximum absolute atomic E-state index is 11.0. The first-order chi connectivity index (χ1) is 7.81. The van der Waals surface area contributed by atoms with E-state index in [2.05, 4.69) is 0 Å². The number of hydrogen-bond acceptors (Lipinski definition) is 5. The molecule has 6 nitrogen and oxygen atoms in total. The lowest BCUT2D eigenvalue weighted by Crippen LogP contribution is -2.44. The van der Waals surface area contributed by atoms with Gasteiger partial charge >= 0.3 is 5.69 Å². The maximum Gasteiger partial charge on any atom is 0.315 e. The summed E-state index contributed by atoms with van der Waals surface area (Å²) in [7, 11) is 1.69. The number of nitro benzene ring substituents is 1. The second kappa shape index (κ2) is 4.58. The summed E-state index contributed by atoms with van der Waals surface area (Å²) < 4.78 is 0. The van der Waals surface area contributed by atoms with Crippen molar-refractivity contribution in [2.45, 2.75) is 19.4 Å². The Morgan fingerprint density at radius 1 is 1.53 bits per heavy atom. The Morgan fingerprint density at radius 3 is 2.59 bits per heavy atom. The first-order valence-electron chi connectivity index (χ1n) is 5.19. The summed E-state index contributed by atoms with van der Waals surface area (Å²) in [6.45, 7) is 3.47. The molecule has 0 saturated carbocycles. The first kappa shape index (κ1) is 13.2. The molecule has 0 bridgehead atoms. The number of para-hydroxylation sites is 1. The van der Waals surface area contributed by atoms with E-state index in [1.165, 1.54) is 6.07 Å². The topological polar surface area (TPSA) is 92.6 Å². The lowest BCUT2D eigenvalue weighted by atomic mass is 10.0. The van der Waals surface area contributed by atoms with E-state index in [1.54, 1.807) is 37.9 Å². The number of benzene rings is 1. The summed E-state index contributed by atoms with van der Waals surface area (Å²) in [6, 6.07) is 4.76. The maximum atomic E-state index is 11.0. The van der Waals surface area contributed by atoms with Crippen LogP contribution < -0.4 is 10.6 Å². The van der Waals surface area contributed by atoms with E-state index in [1.807, 2.05) is 0 Å². The van der Waals surface area contributed by atoms with Crippen molar-refractivity contribution in [1.29, 1.82) is 0 Å². The van der Waals surface area contributed by atoms with Crippen LogP contribution in [0.15, 0.2) is 18.2 Å². The summed E-state index contributed by atoms with van der Waals surface area (Å²) in [4.78, 5) is 12.1. The van der Waals surface area contributed by atoms with Crippen molar-refractivity contribution in [3.05, 3.63) is 28.3 Å². The van der Waals surface area contributed by atoms with Gasteiger partial charge < -0.3 is 15.7 Å². The summed E-state index contributed by atoms with van der Waals surface area (Å²) in [5, 5.41) is 20.3. The van der Waals surface area contributed by atoms with Crippen molar-refractivity contribution in [3.63, 3.8) is 0 Å². The molecule has 0 aromatic heterocycles. The minimum Gasteiger partial charge on any atom is -0.394 e. The standard InChI is InChI=1S/C11H17N3O3/c1-11(2,7-15)13(3)9-6-4-5-8(12)10(9)14(16)17/h4-6,15H,7,12H2,1-3H3. The van der Waals surface area contributed by atoms with E-state index in [0.717, 1.165) is 0 Å². The number of hydrogen-bond donors (Lipinski definition) is 2. The Balaban J connectivity index is 3.32. The number of nitro groups is 1. The van der Waals surface area contributed by atoms with Gasteiger partial charge in [0, 0.05) is 7.05 Å². The van der Waals surface area contributed by atoms with Gasteiger partial charge in [-0.1, -0.05) is 6.07 Å². The van der Waals surface area contributed by atoms with Crippen LogP contribution in [0.2, 0.25) is 0 Å². The van der Waals surface area contributed by atoms with Crippen LogP contribution in [-0.2, 0) is 0 Å². The SMILES string of the molecule is CN(c1cccc(N)c1[N+](=O)[O-])C(C)(C)CO. The molecule has 0 unspecified atom stereocenters. The first-order valence-corrected chi connectivity index (χ1v) is 5.19. The van der Waals surface area contributed by atoms with E-state index >= 15 is 0 Å². The normalized spacial score (nSPS) is 11.3. The average molecular weight is 239 g/mol.